The number of benzene rings is 1. The maximum atomic E-state index is 13.4. The largest absolute Gasteiger partial charge is 0.378 e. The Balaban J connectivity index is 1.41. The molecular formula is C25H35N5O3. The summed E-state index contributed by atoms with van der Waals surface area (Å²) in [6.45, 7) is 11.6. The molecule has 33 heavy (non-hydrogen) atoms. The lowest BCUT2D eigenvalue weighted by Gasteiger charge is -2.29. The van der Waals surface area contributed by atoms with E-state index in [9.17, 15) is 9.59 Å². The number of nitrogens with one attached hydrogen (secondary N) is 1. The number of amides is 2. The van der Waals surface area contributed by atoms with Gasteiger partial charge in [-0.15, -0.1) is 0 Å². The predicted molar refractivity (Wildman–Crippen MR) is 129 cm³/mol. The molecule has 178 valence electrons. The third-order valence-corrected chi connectivity index (χ3v) is 6.11. The molecule has 0 atom stereocenters. The van der Waals surface area contributed by atoms with Gasteiger partial charge in [0, 0.05) is 36.9 Å². The van der Waals surface area contributed by atoms with Gasteiger partial charge in [0.2, 0.25) is 5.91 Å². The molecule has 0 spiro atoms. The van der Waals surface area contributed by atoms with Crippen molar-refractivity contribution in [3.8, 4) is 0 Å². The summed E-state index contributed by atoms with van der Waals surface area (Å²) in [5.74, 6) is 0.0807. The molecule has 2 amide bonds. The molecule has 1 saturated heterocycles. The highest BCUT2D eigenvalue weighted by molar-refractivity contribution is 5.98. The second-order valence-electron chi connectivity index (χ2n) is 9.83. The van der Waals surface area contributed by atoms with Crippen LogP contribution in [-0.2, 0) is 15.1 Å². The lowest BCUT2D eigenvalue weighted by molar-refractivity contribution is -0.116. The standard InChI is InChI=1S/C25H35N5O3/c1-5-28(24(32)22-16-21(18-6-7-18)27-30(22)25(2,3)4)17-23(31)26-19-8-10-20(11-9-19)29-12-14-33-15-13-29/h8-11,16,18H,5-7,12-15,17H2,1-4H3,(H,26,31). The number of carbonyl (C=O) groups excluding carboxylic acids is 2. The van der Waals surface area contributed by atoms with Crippen LogP contribution in [0.2, 0.25) is 0 Å². The van der Waals surface area contributed by atoms with E-state index in [0.717, 1.165) is 56.2 Å². The maximum absolute atomic E-state index is 13.4. The topological polar surface area (TPSA) is 79.7 Å². The molecule has 2 fully saturated rings. The summed E-state index contributed by atoms with van der Waals surface area (Å²) in [6.07, 6.45) is 2.25. The average molecular weight is 454 g/mol. The zero-order chi connectivity index (χ0) is 23.6. The Morgan fingerprint density at radius 3 is 2.39 bits per heavy atom. The molecule has 1 aromatic carbocycles. The second-order valence-corrected chi connectivity index (χ2v) is 9.83. The highest BCUT2D eigenvalue weighted by atomic mass is 16.5. The van der Waals surface area contributed by atoms with Crippen molar-refractivity contribution in [2.75, 3.05) is 49.6 Å². The molecule has 4 rings (SSSR count). The molecule has 1 aromatic heterocycles. The minimum Gasteiger partial charge on any atom is -0.378 e. The van der Waals surface area contributed by atoms with Crippen molar-refractivity contribution in [3.05, 3.63) is 41.7 Å². The van der Waals surface area contributed by atoms with Gasteiger partial charge in [0.15, 0.2) is 0 Å². The van der Waals surface area contributed by atoms with Crippen LogP contribution >= 0.6 is 0 Å². The molecular weight excluding hydrogens is 418 g/mol. The van der Waals surface area contributed by atoms with Gasteiger partial charge < -0.3 is 19.9 Å². The van der Waals surface area contributed by atoms with Gasteiger partial charge in [0.1, 0.15) is 12.2 Å². The van der Waals surface area contributed by atoms with Gasteiger partial charge >= 0.3 is 0 Å². The lowest BCUT2D eigenvalue weighted by atomic mass is 10.1. The first-order valence-corrected chi connectivity index (χ1v) is 11.9. The van der Waals surface area contributed by atoms with Crippen LogP contribution in [0.4, 0.5) is 11.4 Å². The third kappa shape index (κ3) is 5.55. The SMILES string of the molecule is CCN(CC(=O)Nc1ccc(N2CCOCC2)cc1)C(=O)c1cc(C2CC2)nn1C(C)(C)C. The Bertz CT molecular complexity index is 982. The fraction of sp³-hybridized carbons (Fsp3) is 0.560. The first-order valence-electron chi connectivity index (χ1n) is 11.9. The van der Waals surface area contributed by atoms with Crippen LogP contribution in [0.5, 0.6) is 0 Å². The summed E-state index contributed by atoms with van der Waals surface area (Å²) in [5.41, 5.74) is 3.05. The number of rotatable bonds is 7. The van der Waals surface area contributed by atoms with Crippen molar-refractivity contribution in [3.63, 3.8) is 0 Å². The number of likely N-dealkylation sites (N-methyl/N-ethyl adjacent to an activating group) is 1. The van der Waals surface area contributed by atoms with Gasteiger partial charge in [-0.2, -0.15) is 5.10 Å². The molecule has 0 bridgehead atoms. The fourth-order valence-electron chi connectivity index (χ4n) is 4.08. The highest BCUT2D eigenvalue weighted by Gasteiger charge is 2.32. The van der Waals surface area contributed by atoms with Gasteiger partial charge in [0.25, 0.3) is 5.91 Å². The molecule has 2 aliphatic rings. The van der Waals surface area contributed by atoms with Crippen LogP contribution in [0.15, 0.2) is 30.3 Å². The molecule has 0 radical (unpaired) electrons. The van der Waals surface area contributed by atoms with E-state index in [1.165, 1.54) is 0 Å². The first-order chi connectivity index (χ1) is 15.8. The minimum absolute atomic E-state index is 0.00532. The van der Waals surface area contributed by atoms with Gasteiger partial charge in [-0.3, -0.25) is 14.3 Å². The van der Waals surface area contributed by atoms with E-state index in [-0.39, 0.29) is 23.9 Å². The second kappa shape index (κ2) is 9.55. The molecule has 2 heterocycles. The van der Waals surface area contributed by atoms with Crippen molar-refractivity contribution in [1.82, 2.24) is 14.7 Å². The number of aromatic nitrogens is 2. The molecule has 1 aliphatic heterocycles. The molecule has 0 unspecified atom stereocenters. The Kier molecular flexibility index (Phi) is 6.74. The monoisotopic (exact) mass is 453 g/mol. The quantitative estimate of drug-likeness (QED) is 0.695. The number of hydrogen-bond donors (Lipinski definition) is 1. The molecule has 2 aromatic rings. The fourth-order valence-corrected chi connectivity index (χ4v) is 4.08. The number of carbonyl (C=O) groups is 2. The maximum Gasteiger partial charge on any atom is 0.272 e. The van der Waals surface area contributed by atoms with E-state index in [2.05, 4.69) is 10.2 Å². The van der Waals surface area contributed by atoms with E-state index < -0.39 is 0 Å². The van der Waals surface area contributed by atoms with Crippen molar-refractivity contribution in [2.24, 2.45) is 0 Å². The summed E-state index contributed by atoms with van der Waals surface area (Å²) in [4.78, 5) is 30.0. The van der Waals surface area contributed by atoms with Crippen molar-refractivity contribution >= 4 is 23.2 Å². The molecule has 1 N–H and O–H groups in total. The van der Waals surface area contributed by atoms with Crippen LogP contribution in [0.25, 0.3) is 0 Å². The summed E-state index contributed by atoms with van der Waals surface area (Å²) in [6, 6.07) is 9.72. The number of anilines is 2. The van der Waals surface area contributed by atoms with Crippen LogP contribution in [0, 0.1) is 0 Å². The van der Waals surface area contributed by atoms with Crippen LogP contribution < -0.4 is 10.2 Å². The summed E-state index contributed by atoms with van der Waals surface area (Å²) in [5, 5.41) is 7.65. The number of hydrogen-bond acceptors (Lipinski definition) is 5. The normalized spacial score (nSPS) is 16.5. The number of ether oxygens (including phenoxy) is 1. The first kappa shape index (κ1) is 23.3. The smallest absolute Gasteiger partial charge is 0.272 e. The van der Waals surface area contributed by atoms with Gasteiger partial charge in [-0.25, -0.2) is 0 Å². The minimum atomic E-state index is -0.317. The van der Waals surface area contributed by atoms with Gasteiger partial charge in [-0.05, 0) is 70.9 Å². The van der Waals surface area contributed by atoms with Crippen LogP contribution in [0.1, 0.15) is 62.6 Å². The van der Waals surface area contributed by atoms with Crippen molar-refractivity contribution < 1.29 is 14.3 Å². The number of nitrogens with zero attached hydrogens (tertiary/aromatic N) is 4. The summed E-state index contributed by atoms with van der Waals surface area (Å²) >= 11 is 0. The van der Waals surface area contributed by atoms with Gasteiger partial charge in [0.05, 0.1) is 24.4 Å². The highest BCUT2D eigenvalue weighted by Crippen LogP contribution is 2.40. The van der Waals surface area contributed by atoms with Crippen LogP contribution in [0.3, 0.4) is 0 Å². The summed E-state index contributed by atoms with van der Waals surface area (Å²) in [7, 11) is 0. The molecule has 8 nitrogen and oxygen atoms in total. The Labute approximate surface area is 195 Å². The molecule has 8 heteroatoms. The van der Waals surface area contributed by atoms with Crippen LogP contribution in [-0.4, -0.2) is 65.9 Å². The molecule has 1 saturated carbocycles. The zero-order valence-electron chi connectivity index (χ0n) is 20.1. The molecule has 1 aliphatic carbocycles. The Morgan fingerprint density at radius 1 is 1.15 bits per heavy atom. The lowest BCUT2D eigenvalue weighted by Crippen LogP contribution is -2.40. The van der Waals surface area contributed by atoms with Gasteiger partial charge in [-0.1, -0.05) is 0 Å². The Morgan fingerprint density at radius 2 is 1.82 bits per heavy atom. The third-order valence-electron chi connectivity index (χ3n) is 6.11. The summed E-state index contributed by atoms with van der Waals surface area (Å²) < 4.78 is 7.22. The average Bonchev–Trinajstić information content (AvgIpc) is 3.55. The van der Waals surface area contributed by atoms with Crippen molar-refractivity contribution in [1.29, 1.82) is 0 Å². The zero-order valence-corrected chi connectivity index (χ0v) is 20.1. The van der Waals surface area contributed by atoms with E-state index >= 15 is 0 Å². The van der Waals surface area contributed by atoms with Crippen molar-refractivity contribution in [2.45, 2.75) is 52.0 Å². The van der Waals surface area contributed by atoms with E-state index in [4.69, 9.17) is 9.84 Å². The number of morpholine rings is 1. The van der Waals surface area contributed by atoms with E-state index in [1.54, 1.807) is 4.90 Å². The predicted octanol–water partition coefficient (Wildman–Crippen LogP) is 3.45. The van der Waals surface area contributed by atoms with E-state index in [0.29, 0.717) is 18.2 Å². The van der Waals surface area contributed by atoms with E-state index in [1.807, 2.05) is 62.7 Å². The Hall–Kier alpha value is -2.87.